The molecule has 1 rings (SSSR count). The van der Waals surface area contributed by atoms with Crippen molar-refractivity contribution in [2.24, 2.45) is 0 Å². The molecule has 0 aliphatic heterocycles. The monoisotopic (exact) mass is 347 g/mol. The zero-order valence-electron chi connectivity index (χ0n) is 12.1. The predicted octanol–water partition coefficient (Wildman–Crippen LogP) is 1.69. The van der Waals surface area contributed by atoms with Crippen LogP contribution in [0.25, 0.3) is 0 Å². The van der Waals surface area contributed by atoms with Crippen molar-refractivity contribution in [1.82, 2.24) is 5.32 Å². The topological polar surface area (TPSA) is 71.0 Å². The summed E-state index contributed by atoms with van der Waals surface area (Å²) in [7, 11) is 1.60. The van der Waals surface area contributed by atoms with E-state index in [1.807, 2.05) is 19.1 Å². The van der Waals surface area contributed by atoms with Crippen molar-refractivity contribution in [3.63, 3.8) is 0 Å². The summed E-state index contributed by atoms with van der Waals surface area (Å²) >= 11 is 3.46. The van der Waals surface area contributed by atoms with Crippen molar-refractivity contribution in [2.75, 3.05) is 26.9 Å². The first-order valence-electron chi connectivity index (χ1n) is 6.46. The highest BCUT2D eigenvalue weighted by atomic mass is 79.9. The summed E-state index contributed by atoms with van der Waals surface area (Å²) in [5, 5.41) is 21.8. The number of hydrogen-bond acceptors (Lipinski definition) is 5. The van der Waals surface area contributed by atoms with E-state index in [0.717, 1.165) is 10.0 Å². The number of aliphatic hydroxyl groups excluding tert-OH is 1. The van der Waals surface area contributed by atoms with Crippen molar-refractivity contribution >= 4 is 15.9 Å². The van der Waals surface area contributed by atoms with Gasteiger partial charge in [0.05, 0.1) is 30.4 Å². The molecule has 114 valence electrons. The fraction of sp³-hybridized carbons (Fsp3) is 0.571. The van der Waals surface area contributed by atoms with Gasteiger partial charge in [0.1, 0.15) is 0 Å². The number of halogens is 1. The number of hydrogen-bond donors (Lipinski definition) is 3. The van der Waals surface area contributed by atoms with Gasteiger partial charge in [0, 0.05) is 13.1 Å². The third kappa shape index (κ3) is 4.94. The van der Waals surface area contributed by atoms with Gasteiger partial charge < -0.3 is 25.0 Å². The fourth-order valence-corrected chi connectivity index (χ4v) is 2.30. The Hall–Kier alpha value is -0.820. The molecular weight excluding hydrogens is 326 g/mol. The lowest BCUT2D eigenvalue weighted by Crippen LogP contribution is -2.40. The molecule has 0 aromatic heterocycles. The quantitative estimate of drug-likeness (QED) is 0.667. The zero-order chi connectivity index (χ0) is 15.2. The molecule has 1 aromatic carbocycles. The minimum absolute atomic E-state index is 0.281. The highest BCUT2D eigenvalue weighted by Gasteiger charge is 2.18. The van der Waals surface area contributed by atoms with Crippen LogP contribution in [0.15, 0.2) is 16.6 Å². The summed E-state index contributed by atoms with van der Waals surface area (Å²) in [5.41, 5.74) is -0.127. The second kappa shape index (κ2) is 7.83. The first kappa shape index (κ1) is 17.2. The average molecular weight is 348 g/mol. The van der Waals surface area contributed by atoms with Crippen molar-refractivity contribution in [2.45, 2.75) is 26.0 Å². The number of benzene rings is 1. The van der Waals surface area contributed by atoms with E-state index in [9.17, 15) is 5.11 Å². The van der Waals surface area contributed by atoms with E-state index in [4.69, 9.17) is 14.6 Å². The molecule has 1 atom stereocenters. The van der Waals surface area contributed by atoms with E-state index in [1.54, 1.807) is 14.0 Å². The second-order valence-electron chi connectivity index (χ2n) is 4.80. The Morgan fingerprint density at radius 3 is 2.65 bits per heavy atom. The molecule has 5 nitrogen and oxygen atoms in total. The lowest BCUT2D eigenvalue weighted by Gasteiger charge is -2.21. The van der Waals surface area contributed by atoms with Gasteiger partial charge in [0.2, 0.25) is 0 Å². The van der Waals surface area contributed by atoms with Crippen LogP contribution in [0.2, 0.25) is 0 Å². The standard InChI is InChI=1S/C14H22BrNO4/c1-4-20-13-11(15)5-10(6-12(13)19-3)7-16-8-14(2,18)9-17/h5-6,16-18H,4,7-9H2,1-3H3. The molecule has 1 unspecified atom stereocenters. The van der Waals surface area contributed by atoms with Crippen LogP contribution in [-0.4, -0.2) is 42.7 Å². The first-order valence-corrected chi connectivity index (χ1v) is 7.26. The number of aliphatic hydroxyl groups is 2. The molecule has 20 heavy (non-hydrogen) atoms. The summed E-state index contributed by atoms with van der Waals surface area (Å²) in [4.78, 5) is 0. The molecule has 0 saturated heterocycles. The van der Waals surface area contributed by atoms with Crippen LogP contribution in [0.4, 0.5) is 0 Å². The molecule has 0 aliphatic rings. The van der Waals surface area contributed by atoms with E-state index in [1.165, 1.54) is 0 Å². The summed E-state index contributed by atoms with van der Waals surface area (Å²) in [6.45, 7) is 4.63. The summed E-state index contributed by atoms with van der Waals surface area (Å²) < 4.78 is 11.7. The van der Waals surface area contributed by atoms with Gasteiger partial charge in [-0.3, -0.25) is 0 Å². The Balaban J connectivity index is 2.75. The fourth-order valence-electron chi connectivity index (χ4n) is 1.69. The van der Waals surface area contributed by atoms with Crippen LogP contribution < -0.4 is 14.8 Å². The molecular formula is C14H22BrNO4. The maximum absolute atomic E-state index is 9.70. The zero-order valence-corrected chi connectivity index (χ0v) is 13.7. The summed E-state index contributed by atoms with van der Waals surface area (Å²) in [6, 6.07) is 3.82. The highest BCUT2D eigenvalue weighted by Crippen LogP contribution is 2.36. The smallest absolute Gasteiger partial charge is 0.175 e. The van der Waals surface area contributed by atoms with E-state index < -0.39 is 5.60 Å². The normalized spacial score (nSPS) is 13.9. The Kier molecular flexibility index (Phi) is 6.75. The van der Waals surface area contributed by atoms with Crippen molar-refractivity contribution in [3.05, 3.63) is 22.2 Å². The molecule has 0 bridgehead atoms. The van der Waals surface area contributed by atoms with Gasteiger partial charge >= 0.3 is 0 Å². The summed E-state index contributed by atoms with van der Waals surface area (Å²) in [6.07, 6.45) is 0. The van der Waals surface area contributed by atoms with Crippen LogP contribution in [0.1, 0.15) is 19.4 Å². The SMILES string of the molecule is CCOc1c(Br)cc(CNCC(C)(O)CO)cc1OC. The van der Waals surface area contributed by atoms with Gasteiger partial charge in [0.15, 0.2) is 11.5 Å². The van der Waals surface area contributed by atoms with Crippen LogP contribution in [0.3, 0.4) is 0 Å². The Morgan fingerprint density at radius 2 is 2.10 bits per heavy atom. The number of ether oxygens (including phenoxy) is 2. The third-order valence-electron chi connectivity index (χ3n) is 2.75. The third-order valence-corrected chi connectivity index (χ3v) is 3.34. The van der Waals surface area contributed by atoms with E-state index in [2.05, 4.69) is 21.2 Å². The van der Waals surface area contributed by atoms with E-state index in [-0.39, 0.29) is 6.61 Å². The van der Waals surface area contributed by atoms with E-state index >= 15 is 0 Å². The molecule has 1 aromatic rings. The molecule has 0 aliphatic carbocycles. The highest BCUT2D eigenvalue weighted by molar-refractivity contribution is 9.10. The van der Waals surface area contributed by atoms with Gasteiger partial charge in [-0.1, -0.05) is 0 Å². The lowest BCUT2D eigenvalue weighted by atomic mass is 10.1. The van der Waals surface area contributed by atoms with Gasteiger partial charge in [-0.05, 0) is 47.5 Å². The minimum atomic E-state index is -1.12. The molecule has 6 heteroatoms. The number of methoxy groups -OCH3 is 1. The van der Waals surface area contributed by atoms with Crippen LogP contribution >= 0.6 is 15.9 Å². The van der Waals surface area contributed by atoms with Crippen LogP contribution in [-0.2, 0) is 6.54 Å². The summed E-state index contributed by atoms with van der Waals surface area (Å²) in [5.74, 6) is 1.34. The molecule has 3 N–H and O–H groups in total. The molecule has 0 radical (unpaired) electrons. The molecule has 0 spiro atoms. The van der Waals surface area contributed by atoms with Gasteiger partial charge in [-0.2, -0.15) is 0 Å². The number of nitrogens with one attached hydrogen (secondary N) is 1. The van der Waals surface area contributed by atoms with Crippen LogP contribution in [0, 0.1) is 0 Å². The first-order chi connectivity index (χ1) is 9.43. The molecule has 0 amide bonds. The minimum Gasteiger partial charge on any atom is -0.493 e. The lowest BCUT2D eigenvalue weighted by molar-refractivity contribution is 0.00253. The van der Waals surface area contributed by atoms with Gasteiger partial charge in [0.25, 0.3) is 0 Å². The Bertz CT molecular complexity index is 437. The maximum atomic E-state index is 9.70. The molecule has 0 fully saturated rings. The average Bonchev–Trinajstić information content (AvgIpc) is 2.41. The van der Waals surface area contributed by atoms with Crippen LogP contribution in [0.5, 0.6) is 11.5 Å². The van der Waals surface area contributed by atoms with Gasteiger partial charge in [-0.25, -0.2) is 0 Å². The molecule has 0 saturated carbocycles. The van der Waals surface area contributed by atoms with Crippen molar-refractivity contribution in [1.29, 1.82) is 0 Å². The number of rotatable bonds is 8. The van der Waals surface area contributed by atoms with Crippen molar-refractivity contribution in [3.8, 4) is 11.5 Å². The Morgan fingerprint density at radius 1 is 1.40 bits per heavy atom. The Labute approximate surface area is 128 Å². The van der Waals surface area contributed by atoms with Crippen molar-refractivity contribution < 1.29 is 19.7 Å². The van der Waals surface area contributed by atoms with Gasteiger partial charge in [-0.15, -0.1) is 0 Å². The second-order valence-corrected chi connectivity index (χ2v) is 5.65. The predicted molar refractivity (Wildman–Crippen MR) is 81.3 cm³/mol. The van der Waals surface area contributed by atoms with E-state index in [0.29, 0.717) is 31.2 Å². The molecule has 0 heterocycles. The maximum Gasteiger partial charge on any atom is 0.175 e. The largest absolute Gasteiger partial charge is 0.493 e.